The molecule has 0 bridgehead atoms. The Morgan fingerprint density at radius 1 is 1.28 bits per heavy atom. The lowest BCUT2D eigenvalue weighted by molar-refractivity contribution is -0.112. The minimum atomic E-state index is -0.653. The molecule has 0 spiro atoms. The highest BCUT2D eigenvalue weighted by Gasteiger charge is 2.30. The molecule has 18 heavy (non-hydrogen) atoms. The predicted octanol–water partition coefficient (Wildman–Crippen LogP) is 1.61. The minimum absolute atomic E-state index is 0.182. The van der Waals surface area contributed by atoms with Gasteiger partial charge in [-0.05, 0) is 24.6 Å². The Kier molecular flexibility index (Phi) is 3.30. The lowest BCUT2D eigenvalue weighted by atomic mass is 9.87. The van der Waals surface area contributed by atoms with Gasteiger partial charge in [0.2, 0.25) is 11.6 Å². The number of aliphatic hydroxyl groups excluding tert-OH is 1. The number of carbonyl (C=O) groups is 2. The molecule has 1 aromatic rings. The molecular weight excluding hydrogens is 232 g/mol. The molecule has 0 radical (unpaired) electrons. The molecule has 1 aliphatic rings. The number of fused-ring (bicyclic) bond motifs is 1. The maximum Gasteiger partial charge on any atom is 0.237 e. The van der Waals surface area contributed by atoms with Gasteiger partial charge < -0.3 is 9.84 Å². The maximum absolute atomic E-state index is 12.0. The van der Waals surface area contributed by atoms with E-state index in [1.165, 1.54) is 7.11 Å². The van der Waals surface area contributed by atoms with Gasteiger partial charge in [0.25, 0.3) is 0 Å². The molecule has 0 aromatic heterocycles. The van der Waals surface area contributed by atoms with Crippen molar-refractivity contribution in [1.29, 1.82) is 0 Å². The third kappa shape index (κ3) is 2.07. The number of ether oxygens (including phenoxy) is 1. The number of benzene rings is 1. The highest BCUT2D eigenvalue weighted by Crippen LogP contribution is 2.30. The Bertz CT molecular complexity index is 541. The highest BCUT2D eigenvalue weighted by molar-refractivity contribution is 6.52. The molecule has 1 aliphatic carbocycles. The maximum atomic E-state index is 12.0. The first-order valence-corrected chi connectivity index (χ1v) is 5.69. The van der Waals surface area contributed by atoms with Crippen molar-refractivity contribution in [2.24, 2.45) is 0 Å². The van der Waals surface area contributed by atoms with Crippen LogP contribution in [0.4, 0.5) is 0 Å². The monoisotopic (exact) mass is 246 g/mol. The van der Waals surface area contributed by atoms with Gasteiger partial charge in [-0.25, -0.2) is 0 Å². The number of rotatable bonds is 3. The van der Waals surface area contributed by atoms with E-state index in [9.17, 15) is 14.7 Å². The van der Waals surface area contributed by atoms with Gasteiger partial charge in [-0.1, -0.05) is 12.1 Å². The van der Waals surface area contributed by atoms with Crippen LogP contribution in [-0.2, 0) is 4.79 Å². The Balaban J connectivity index is 2.54. The zero-order valence-electron chi connectivity index (χ0n) is 10.3. The lowest BCUT2D eigenvalue weighted by Crippen LogP contribution is -2.24. The molecule has 0 saturated heterocycles. The summed E-state index contributed by atoms with van der Waals surface area (Å²) in [5.74, 6) is -0.730. The van der Waals surface area contributed by atoms with Gasteiger partial charge in [-0.15, -0.1) is 0 Å². The van der Waals surface area contributed by atoms with E-state index in [-0.39, 0.29) is 6.42 Å². The van der Waals surface area contributed by atoms with E-state index in [2.05, 4.69) is 0 Å². The molecule has 0 unspecified atom stereocenters. The summed E-state index contributed by atoms with van der Waals surface area (Å²) in [5, 5.41) is 9.33. The molecule has 4 heteroatoms. The van der Waals surface area contributed by atoms with E-state index in [0.717, 1.165) is 0 Å². The summed E-state index contributed by atoms with van der Waals surface area (Å²) in [6.45, 7) is 1.58. The van der Waals surface area contributed by atoms with Gasteiger partial charge in [0.1, 0.15) is 5.75 Å². The van der Waals surface area contributed by atoms with Gasteiger partial charge in [-0.3, -0.25) is 9.59 Å². The molecule has 94 valence electrons. The molecule has 0 amide bonds. The first kappa shape index (κ1) is 12.5. The molecule has 1 atom stereocenters. The van der Waals surface area contributed by atoms with Crippen molar-refractivity contribution in [3.8, 4) is 5.75 Å². The van der Waals surface area contributed by atoms with Crippen molar-refractivity contribution in [3.63, 3.8) is 0 Å². The Morgan fingerprint density at radius 2 is 2.00 bits per heavy atom. The van der Waals surface area contributed by atoms with Crippen LogP contribution in [0, 0.1) is 0 Å². The fourth-order valence-electron chi connectivity index (χ4n) is 2.06. The van der Waals surface area contributed by atoms with Crippen molar-refractivity contribution >= 4 is 17.6 Å². The van der Waals surface area contributed by atoms with Crippen LogP contribution in [0.5, 0.6) is 5.75 Å². The molecule has 0 aliphatic heterocycles. The van der Waals surface area contributed by atoms with Crippen LogP contribution in [0.25, 0.3) is 6.08 Å². The molecule has 1 aromatic carbocycles. The number of methoxy groups -OCH3 is 1. The van der Waals surface area contributed by atoms with Crippen molar-refractivity contribution in [2.45, 2.75) is 19.4 Å². The minimum Gasteiger partial charge on any atom is -0.496 e. The molecule has 0 fully saturated rings. The molecular formula is C14H14O4. The van der Waals surface area contributed by atoms with E-state index in [1.807, 2.05) is 0 Å². The summed E-state index contributed by atoms with van der Waals surface area (Å²) in [5.41, 5.74) is 1.31. The number of hydrogen-bond acceptors (Lipinski definition) is 4. The number of ketones is 2. The van der Waals surface area contributed by atoms with Crippen LogP contribution in [0.15, 0.2) is 23.8 Å². The SMILES string of the molecule is COc1cccc2c1C(=O)C(=O)C(C[C@@H](C)O)=C2. The average molecular weight is 246 g/mol. The number of aliphatic hydroxyl groups is 1. The highest BCUT2D eigenvalue weighted by atomic mass is 16.5. The van der Waals surface area contributed by atoms with E-state index in [1.54, 1.807) is 31.2 Å². The van der Waals surface area contributed by atoms with E-state index >= 15 is 0 Å². The third-order valence-electron chi connectivity index (χ3n) is 2.85. The van der Waals surface area contributed by atoms with Gasteiger partial charge in [0.05, 0.1) is 18.8 Å². The summed E-state index contributed by atoms with van der Waals surface area (Å²) in [4.78, 5) is 23.9. The van der Waals surface area contributed by atoms with E-state index < -0.39 is 17.7 Å². The lowest BCUT2D eigenvalue weighted by Gasteiger charge is -2.17. The van der Waals surface area contributed by atoms with Crippen LogP contribution >= 0.6 is 0 Å². The first-order valence-electron chi connectivity index (χ1n) is 5.69. The summed E-state index contributed by atoms with van der Waals surface area (Å²) in [6, 6.07) is 5.17. The van der Waals surface area contributed by atoms with E-state index in [0.29, 0.717) is 22.4 Å². The largest absolute Gasteiger partial charge is 0.496 e. The van der Waals surface area contributed by atoms with Crippen molar-refractivity contribution in [3.05, 3.63) is 34.9 Å². The van der Waals surface area contributed by atoms with Crippen LogP contribution in [0.2, 0.25) is 0 Å². The molecule has 2 rings (SSSR count). The normalized spacial score (nSPS) is 16.1. The molecule has 4 nitrogen and oxygen atoms in total. The van der Waals surface area contributed by atoms with Crippen LogP contribution < -0.4 is 4.74 Å². The summed E-state index contributed by atoms with van der Waals surface area (Å²) >= 11 is 0. The molecule has 0 saturated carbocycles. The van der Waals surface area contributed by atoms with E-state index in [4.69, 9.17) is 4.74 Å². The Morgan fingerprint density at radius 3 is 2.61 bits per heavy atom. The zero-order chi connectivity index (χ0) is 13.3. The van der Waals surface area contributed by atoms with Crippen molar-refractivity contribution < 1.29 is 19.4 Å². The average Bonchev–Trinajstić information content (AvgIpc) is 2.34. The smallest absolute Gasteiger partial charge is 0.237 e. The quantitative estimate of drug-likeness (QED) is 0.823. The molecule has 0 heterocycles. The second-order valence-electron chi connectivity index (χ2n) is 4.31. The van der Waals surface area contributed by atoms with Gasteiger partial charge >= 0.3 is 0 Å². The standard InChI is InChI=1S/C14H14O4/c1-8(15)6-10-7-9-4-3-5-11(18-2)12(9)14(17)13(10)16/h3-5,7-8,15H,6H2,1-2H3/t8-/m1/s1. The van der Waals surface area contributed by atoms with Gasteiger partial charge in [0, 0.05) is 12.0 Å². The predicted molar refractivity (Wildman–Crippen MR) is 66.6 cm³/mol. The fourth-order valence-corrected chi connectivity index (χ4v) is 2.06. The number of hydrogen-bond donors (Lipinski definition) is 1. The molecule has 1 N–H and O–H groups in total. The zero-order valence-corrected chi connectivity index (χ0v) is 10.3. The van der Waals surface area contributed by atoms with Crippen molar-refractivity contribution in [2.75, 3.05) is 7.11 Å². The first-order chi connectivity index (χ1) is 8.54. The Hall–Kier alpha value is -1.94. The summed E-state index contributed by atoms with van der Waals surface area (Å²) in [6.07, 6.45) is 1.18. The van der Waals surface area contributed by atoms with Crippen LogP contribution in [0.3, 0.4) is 0 Å². The topological polar surface area (TPSA) is 63.6 Å². The second-order valence-corrected chi connectivity index (χ2v) is 4.31. The second kappa shape index (κ2) is 4.74. The number of carbonyl (C=O) groups excluding carboxylic acids is 2. The van der Waals surface area contributed by atoms with Crippen LogP contribution in [-0.4, -0.2) is 29.9 Å². The van der Waals surface area contributed by atoms with Gasteiger partial charge in [-0.2, -0.15) is 0 Å². The Labute approximate surface area is 105 Å². The number of Topliss-reactive ketones (excluding diaryl/α,β-unsaturated/α-hetero) is 2. The third-order valence-corrected chi connectivity index (χ3v) is 2.85. The fraction of sp³-hybridized carbons (Fsp3) is 0.286. The van der Waals surface area contributed by atoms with Crippen LogP contribution in [0.1, 0.15) is 29.3 Å². The summed E-state index contributed by atoms with van der Waals surface area (Å²) < 4.78 is 5.10. The summed E-state index contributed by atoms with van der Waals surface area (Å²) in [7, 11) is 1.46. The van der Waals surface area contributed by atoms with Crippen molar-refractivity contribution in [1.82, 2.24) is 0 Å². The van der Waals surface area contributed by atoms with Gasteiger partial charge in [0.15, 0.2) is 0 Å².